The van der Waals surface area contributed by atoms with Crippen LogP contribution in [-0.2, 0) is 0 Å². The lowest BCUT2D eigenvalue weighted by Gasteiger charge is -1.95. The quantitative estimate of drug-likeness (QED) is 0.385. The fourth-order valence-electron chi connectivity index (χ4n) is 0.277. The minimum Gasteiger partial charge on any atom is -0.226 e. The van der Waals surface area contributed by atoms with Crippen molar-refractivity contribution >= 4 is 41.4 Å². The first-order valence-electron chi connectivity index (χ1n) is 1.78. The molecule has 0 aromatic heterocycles. The van der Waals surface area contributed by atoms with Crippen LogP contribution >= 0.6 is 35.1 Å². The van der Waals surface area contributed by atoms with Gasteiger partial charge in [-0.3, -0.25) is 0 Å². The summed E-state index contributed by atoms with van der Waals surface area (Å²) in [5.41, 5.74) is 0. The monoisotopic (exact) mass is 155 g/mol. The summed E-state index contributed by atoms with van der Waals surface area (Å²) < 4.78 is 3.72. The highest BCUT2D eigenvalue weighted by atomic mass is 35.5. The Balaban J connectivity index is 2.45. The van der Waals surface area contributed by atoms with Gasteiger partial charge in [-0.2, -0.15) is 0 Å². The maximum absolute atomic E-state index is 5.57. The van der Waals surface area contributed by atoms with Gasteiger partial charge in [0.05, 0.1) is 5.38 Å². The maximum atomic E-state index is 5.57. The fourth-order valence-corrected chi connectivity index (χ4v) is 1.25. The van der Waals surface area contributed by atoms with Gasteiger partial charge in [-0.15, -0.1) is 23.2 Å². The molecule has 0 saturated heterocycles. The van der Waals surface area contributed by atoms with E-state index in [0.717, 1.165) is 0 Å². The van der Waals surface area contributed by atoms with Crippen molar-refractivity contribution in [1.82, 2.24) is 0 Å². The van der Waals surface area contributed by atoms with Crippen LogP contribution in [0.1, 0.15) is 0 Å². The standard InChI is InChI=1S/C3H3Cl2NS/c4-2-1-6-7-3(2)5/h1-3H. The van der Waals surface area contributed by atoms with Crippen molar-refractivity contribution in [2.24, 2.45) is 4.40 Å². The molecule has 1 rings (SSSR count). The van der Waals surface area contributed by atoms with E-state index < -0.39 is 0 Å². The summed E-state index contributed by atoms with van der Waals surface area (Å²) in [5, 5.41) is -0.0772. The van der Waals surface area contributed by atoms with Gasteiger partial charge in [-0.1, -0.05) is 0 Å². The number of halogens is 2. The fraction of sp³-hybridized carbons (Fsp3) is 0.667. The Morgan fingerprint density at radius 2 is 2.29 bits per heavy atom. The van der Waals surface area contributed by atoms with E-state index in [1.54, 1.807) is 6.21 Å². The second-order valence-corrected chi connectivity index (χ2v) is 3.32. The second-order valence-electron chi connectivity index (χ2n) is 1.16. The molecule has 0 aromatic carbocycles. The van der Waals surface area contributed by atoms with Crippen molar-refractivity contribution in [1.29, 1.82) is 0 Å². The zero-order chi connectivity index (χ0) is 5.28. The molecule has 0 spiro atoms. The van der Waals surface area contributed by atoms with Gasteiger partial charge in [-0.05, 0) is 11.9 Å². The first kappa shape index (κ1) is 5.73. The van der Waals surface area contributed by atoms with Crippen molar-refractivity contribution in [2.45, 2.75) is 10.1 Å². The van der Waals surface area contributed by atoms with Gasteiger partial charge in [-0.25, -0.2) is 4.40 Å². The predicted octanol–water partition coefficient (Wildman–Crippen LogP) is 1.89. The molecule has 2 unspecified atom stereocenters. The number of hydrogen-bond donors (Lipinski definition) is 0. The Morgan fingerprint density at radius 1 is 1.57 bits per heavy atom. The molecule has 1 aliphatic rings. The molecule has 0 radical (unpaired) electrons. The number of alkyl halides is 2. The third-order valence-electron chi connectivity index (χ3n) is 0.615. The Hall–Kier alpha value is 0.600. The Bertz CT molecular complexity index is 94.9. The van der Waals surface area contributed by atoms with Crippen LogP contribution < -0.4 is 0 Å². The number of hydrogen-bond acceptors (Lipinski definition) is 2. The predicted molar refractivity (Wildman–Crippen MR) is 35.4 cm³/mol. The van der Waals surface area contributed by atoms with Gasteiger partial charge >= 0.3 is 0 Å². The van der Waals surface area contributed by atoms with Gasteiger partial charge in [0, 0.05) is 6.21 Å². The number of nitrogens with zero attached hydrogens (tertiary/aromatic N) is 1. The van der Waals surface area contributed by atoms with E-state index in [0.29, 0.717) is 0 Å². The lowest BCUT2D eigenvalue weighted by Crippen LogP contribution is -2.04. The molecular formula is C3H3Cl2NS. The molecule has 0 amide bonds. The van der Waals surface area contributed by atoms with Gasteiger partial charge in [0.25, 0.3) is 0 Å². The molecule has 1 nitrogen and oxygen atoms in total. The van der Waals surface area contributed by atoms with E-state index in [9.17, 15) is 0 Å². The zero-order valence-corrected chi connectivity index (χ0v) is 5.67. The van der Waals surface area contributed by atoms with Crippen LogP contribution in [0.4, 0.5) is 0 Å². The zero-order valence-electron chi connectivity index (χ0n) is 3.34. The van der Waals surface area contributed by atoms with E-state index in [-0.39, 0.29) is 10.1 Å². The van der Waals surface area contributed by atoms with Crippen molar-refractivity contribution in [2.75, 3.05) is 0 Å². The first-order valence-corrected chi connectivity index (χ1v) is 3.49. The Morgan fingerprint density at radius 3 is 2.43 bits per heavy atom. The minimum atomic E-state index is -0.0772. The van der Waals surface area contributed by atoms with Gasteiger partial charge < -0.3 is 0 Å². The van der Waals surface area contributed by atoms with Crippen molar-refractivity contribution in [3.63, 3.8) is 0 Å². The lowest BCUT2D eigenvalue weighted by atomic mass is 10.5. The summed E-state index contributed by atoms with van der Waals surface area (Å²) in [7, 11) is 0. The number of rotatable bonds is 0. The average Bonchev–Trinajstić information content (AvgIpc) is 1.91. The van der Waals surface area contributed by atoms with Crippen molar-refractivity contribution in [3.8, 4) is 0 Å². The van der Waals surface area contributed by atoms with E-state index in [1.807, 2.05) is 0 Å². The molecule has 7 heavy (non-hydrogen) atoms. The normalized spacial score (nSPS) is 39.7. The van der Waals surface area contributed by atoms with Gasteiger partial charge in [0.1, 0.15) is 4.71 Å². The van der Waals surface area contributed by atoms with Crippen LogP contribution in [0, 0.1) is 0 Å². The molecule has 1 aliphatic heterocycles. The van der Waals surface area contributed by atoms with Crippen molar-refractivity contribution < 1.29 is 0 Å². The lowest BCUT2D eigenvalue weighted by molar-refractivity contribution is 1.30. The molecule has 40 valence electrons. The van der Waals surface area contributed by atoms with Crippen LogP contribution in [0.15, 0.2) is 4.40 Å². The molecular weight excluding hydrogens is 153 g/mol. The van der Waals surface area contributed by atoms with E-state index in [2.05, 4.69) is 4.40 Å². The molecule has 0 aliphatic carbocycles. The largest absolute Gasteiger partial charge is 0.226 e. The third kappa shape index (κ3) is 1.24. The van der Waals surface area contributed by atoms with E-state index in [4.69, 9.17) is 23.2 Å². The molecule has 4 heteroatoms. The van der Waals surface area contributed by atoms with E-state index in [1.165, 1.54) is 11.9 Å². The van der Waals surface area contributed by atoms with Crippen LogP contribution in [0.5, 0.6) is 0 Å². The summed E-state index contributed by atoms with van der Waals surface area (Å²) in [5.74, 6) is 0. The highest BCUT2D eigenvalue weighted by molar-refractivity contribution is 8.00. The summed E-state index contributed by atoms with van der Waals surface area (Å²) in [6, 6.07) is 0. The molecule has 0 N–H and O–H groups in total. The highest BCUT2D eigenvalue weighted by Crippen LogP contribution is 2.27. The average molecular weight is 156 g/mol. The van der Waals surface area contributed by atoms with Crippen LogP contribution in [-0.4, -0.2) is 16.3 Å². The summed E-state index contributed by atoms with van der Waals surface area (Å²) >= 11 is 12.4. The van der Waals surface area contributed by atoms with Crippen LogP contribution in [0.2, 0.25) is 0 Å². The Labute approximate surface area is 56.2 Å². The second kappa shape index (κ2) is 2.25. The van der Waals surface area contributed by atoms with Crippen LogP contribution in [0.3, 0.4) is 0 Å². The molecule has 2 atom stereocenters. The van der Waals surface area contributed by atoms with Gasteiger partial charge in [0.15, 0.2) is 0 Å². The maximum Gasteiger partial charge on any atom is 0.122 e. The minimum absolute atomic E-state index is 0.0540. The van der Waals surface area contributed by atoms with E-state index >= 15 is 0 Å². The van der Waals surface area contributed by atoms with Gasteiger partial charge in [0.2, 0.25) is 0 Å². The van der Waals surface area contributed by atoms with Crippen molar-refractivity contribution in [3.05, 3.63) is 0 Å². The van der Waals surface area contributed by atoms with Crippen LogP contribution in [0.25, 0.3) is 0 Å². The third-order valence-corrected chi connectivity index (χ3v) is 2.51. The molecule has 0 aromatic rings. The molecule has 0 saturated carbocycles. The molecule has 0 bridgehead atoms. The first-order chi connectivity index (χ1) is 3.30. The molecule has 1 heterocycles. The highest BCUT2D eigenvalue weighted by Gasteiger charge is 2.19. The summed E-state index contributed by atoms with van der Waals surface area (Å²) in [6.45, 7) is 0. The summed E-state index contributed by atoms with van der Waals surface area (Å²) in [4.78, 5) is 0. The smallest absolute Gasteiger partial charge is 0.122 e. The summed E-state index contributed by atoms with van der Waals surface area (Å²) in [6.07, 6.45) is 1.64. The Kier molecular flexibility index (Phi) is 1.84. The topological polar surface area (TPSA) is 12.4 Å². The SMILES string of the molecule is ClC1C=NSC1Cl. The molecule has 0 fully saturated rings.